The minimum absolute atomic E-state index is 0.0262. The Morgan fingerprint density at radius 3 is 2.87 bits per heavy atom. The first kappa shape index (κ1) is 18.8. The molecule has 2 aliphatic rings. The summed E-state index contributed by atoms with van der Waals surface area (Å²) in [7, 11) is 0. The highest BCUT2D eigenvalue weighted by atomic mass is 16.2. The van der Waals surface area contributed by atoms with Crippen molar-refractivity contribution in [1.29, 1.82) is 0 Å². The van der Waals surface area contributed by atoms with Crippen molar-refractivity contribution in [3.8, 4) is 0 Å². The van der Waals surface area contributed by atoms with Gasteiger partial charge in [-0.15, -0.1) is 0 Å². The lowest BCUT2D eigenvalue weighted by Gasteiger charge is -2.35. The monoisotopic (exact) mass is 403 g/mol. The summed E-state index contributed by atoms with van der Waals surface area (Å²) in [5, 5.41) is 2.84. The van der Waals surface area contributed by atoms with Crippen LogP contribution in [0.15, 0.2) is 48.5 Å². The van der Waals surface area contributed by atoms with Gasteiger partial charge in [-0.1, -0.05) is 24.3 Å². The molecule has 1 fully saturated rings. The van der Waals surface area contributed by atoms with Crippen molar-refractivity contribution < 1.29 is 9.59 Å². The molecule has 0 saturated carbocycles. The van der Waals surface area contributed by atoms with Crippen LogP contribution in [0.3, 0.4) is 0 Å². The van der Waals surface area contributed by atoms with Crippen LogP contribution in [0.25, 0.3) is 11.0 Å². The Morgan fingerprint density at radius 2 is 1.97 bits per heavy atom. The van der Waals surface area contributed by atoms with E-state index in [4.69, 9.17) is 4.98 Å². The fraction of sp³-hybridized carbons (Fsp3) is 0.348. The second-order valence-corrected chi connectivity index (χ2v) is 8.19. The first-order valence-corrected chi connectivity index (χ1v) is 10.5. The van der Waals surface area contributed by atoms with Crippen molar-refractivity contribution in [3.05, 3.63) is 54.4 Å². The normalized spacial score (nSPS) is 19.5. The Bertz CT molecular complexity index is 1060. The van der Waals surface area contributed by atoms with Crippen LogP contribution in [0.4, 0.5) is 11.4 Å². The summed E-state index contributed by atoms with van der Waals surface area (Å²) in [6.45, 7) is 2.18. The smallest absolute Gasteiger partial charge is 0.244 e. The minimum atomic E-state index is -0.150. The molecular weight excluding hydrogens is 378 g/mol. The van der Waals surface area contributed by atoms with Gasteiger partial charge in [0.2, 0.25) is 11.8 Å². The number of nitrogens with one attached hydrogen (secondary N) is 2. The van der Waals surface area contributed by atoms with Crippen molar-refractivity contribution in [2.75, 3.05) is 36.4 Å². The molecule has 2 N–H and O–H groups in total. The lowest BCUT2D eigenvalue weighted by Crippen LogP contribution is -2.48. The molecule has 3 heterocycles. The van der Waals surface area contributed by atoms with Gasteiger partial charge in [0.05, 0.1) is 29.0 Å². The number of carbonyl (C=O) groups excluding carboxylic acids is 2. The number of H-pyrrole nitrogens is 1. The van der Waals surface area contributed by atoms with E-state index in [1.54, 1.807) is 4.90 Å². The van der Waals surface area contributed by atoms with E-state index in [0.29, 0.717) is 18.2 Å². The van der Waals surface area contributed by atoms with Crippen LogP contribution in [0, 0.1) is 5.92 Å². The summed E-state index contributed by atoms with van der Waals surface area (Å²) in [5.41, 5.74) is 3.54. The zero-order chi connectivity index (χ0) is 20.5. The number of aromatic nitrogens is 2. The van der Waals surface area contributed by atoms with Crippen LogP contribution in [0.1, 0.15) is 18.7 Å². The average Bonchev–Trinajstić information content (AvgIpc) is 3.15. The van der Waals surface area contributed by atoms with Gasteiger partial charge in [-0.3, -0.25) is 19.4 Å². The van der Waals surface area contributed by atoms with Gasteiger partial charge >= 0.3 is 0 Å². The minimum Gasteiger partial charge on any atom is -0.342 e. The number of carbonyl (C=O) groups is 2. The number of piperidine rings is 1. The van der Waals surface area contributed by atoms with Crippen LogP contribution < -0.4 is 10.2 Å². The average molecular weight is 403 g/mol. The summed E-state index contributed by atoms with van der Waals surface area (Å²) in [4.78, 5) is 37.0. The molecule has 2 aromatic carbocycles. The molecule has 7 nitrogen and oxygen atoms in total. The molecule has 7 heteroatoms. The summed E-state index contributed by atoms with van der Waals surface area (Å²) < 4.78 is 0. The van der Waals surface area contributed by atoms with E-state index in [1.807, 2.05) is 48.5 Å². The number of aromatic amines is 1. The number of benzene rings is 2. The number of imidazole rings is 1. The van der Waals surface area contributed by atoms with Crippen molar-refractivity contribution in [3.63, 3.8) is 0 Å². The molecule has 0 aliphatic carbocycles. The number of rotatable bonds is 4. The molecule has 0 radical (unpaired) electrons. The number of hydrogen-bond donors (Lipinski definition) is 2. The standard InChI is InChI=1S/C23H25N5O2/c29-22-14-28(20-10-4-3-9-19(20)26-22)23(30)15-27-11-5-6-16(13-27)12-21-24-17-7-1-2-8-18(17)25-21/h1-4,7-10,16H,5-6,11-15H2,(H,24,25)(H,26,29)/t16-/m1/s1. The lowest BCUT2D eigenvalue weighted by molar-refractivity contribution is -0.123. The molecule has 30 heavy (non-hydrogen) atoms. The maximum absolute atomic E-state index is 13.0. The van der Waals surface area contributed by atoms with Crippen LogP contribution in [-0.2, 0) is 16.0 Å². The number of para-hydroxylation sites is 4. The Kier molecular flexibility index (Phi) is 4.96. The molecule has 5 rings (SSSR count). The zero-order valence-corrected chi connectivity index (χ0v) is 16.8. The van der Waals surface area contributed by atoms with Gasteiger partial charge < -0.3 is 10.3 Å². The van der Waals surface area contributed by atoms with Crippen molar-refractivity contribution in [2.45, 2.75) is 19.3 Å². The summed E-state index contributed by atoms with van der Waals surface area (Å²) in [6, 6.07) is 15.5. The van der Waals surface area contributed by atoms with Crippen LogP contribution >= 0.6 is 0 Å². The molecule has 1 aromatic heterocycles. The number of fused-ring (bicyclic) bond motifs is 2. The van der Waals surface area contributed by atoms with E-state index in [2.05, 4.69) is 15.2 Å². The third kappa shape index (κ3) is 3.80. The maximum atomic E-state index is 13.0. The fourth-order valence-electron chi connectivity index (χ4n) is 4.57. The Labute approximate surface area is 175 Å². The molecule has 1 saturated heterocycles. The van der Waals surface area contributed by atoms with Crippen LogP contribution in [0.5, 0.6) is 0 Å². The Balaban J connectivity index is 1.24. The fourth-order valence-corrected chi connectivity index (χ4v) is 4.57. The van der Waals surface area contributed by atoms with Crippen molar-refractivity contribution in [1.82, 2.24) is 14.9 Å². The molecule has 0 spiro atoms. The number of hydrogen-bond acceptors (Lipinski definition) is 4. The third-order valence-electron chi connectivity index (χ3n) is 5.95. The molecule has 2 aliphatic heterocycles. The number of nitrogens with zero attached hydrogens (tertiary/aromatic N) is 3. The molecule has 0 unspecified atom stereocenters. The SMILES string of the molecule is O=C1CN(C(=O)CN2CCC[C@H](Cc3nc4ccccc4[nH]3)C2)c2ccccc2N1. The molecule has 1 atom stereocenters. The topological polar surface area (TPSA) is 81.3 Å². The van der Waals surface area contributed by atoms with Gasteiger partial charge in [0, 0.05) is 13.0 Å². The molecular formula is C23H25N5O2. The van der Waals surface area contributed by atoms with Gasteiger partial charge in [0.25, 0.3) is 0 Å². The summed E-state index contributed by atoms with van der Waals surface area (Å²) >= 11 is 0. The van der Waals surface area contributed by atoms with Crippen molar-refractivity contribution >= 4 is 34.2 Å². The second-order valence-electron chi connectivity index (χ2n) is 8.19. The number of anilines is 2. The van der Waals surface area contributed by atoms with Crippen LogP contribution in [-0.4, -0.2) is 52.9 Å². The van der Waals surface area contributed by atoms with E-state index in [1.165, 1.54) is 0 Å². The maximum Gasteiger partial charge on any atom is 0.244 e. The first-order chi connectivity index (χ1) is 14.7. The summed E-state index contributed by atoms with van der Waals surface area (Å²) in [5.74, 6) is 1.30. The highest BCUT2D eigenvalue weighted by Crippen LogP contribution is 2.29. The first-order valence-electron chi connectivity index (χ1n) is 10.5. The predicted octanol–water partition coefficient (Wildman–Crippen LogP) is 2.80. The van der Waals surface area contributed by atoms with Gasteiger partial charge in [-0.05, 0) is 49.6 Å². The van der Waals surface area contributed by atoms with E-state index >= 15 is 0 Å². The lowest BCUT2D eigenvalue weighted by atomic mass is 9.94. The number of likely N-dealkylation sites (tertiary alicyclic amines) is 1. The zero-order valence-electron chi connectivity index (χ0n) is 16.8. The van der Waals surface area contributed by atoms with E-state index in [-0.39, 0.29) is 18.4 Å². The van der Waals surface area contributed by atoms with Crippen molar-refractivity contribution in [2.24, 2.45) is 5.92 Å². The van der Waals surface area contributed by atoms with E-state index in [0.717, 1.165) is 54.9 Å². The summed E-state index contributed by atoms with van der Waals surface area (Å²) in [6.07, 6.45) is 3.08. The van der Waals surface area contributed by atoms with Gasteiger partial charge in [0.15, 0.2) is 0 Å². The highest BCUT2D eigenvalue weighted by molar-refractivity contribution is 6.10. The Hall–Kier alpha value is -3.19. The third-order valence-corrected chi connectivity index (χ3v) is 5.95. The predicted molar refractivity (Wildman–Crippen MR) is 116 cm³/mol. The second kappa shape index (κ2) is 7.91. The van der Waals surface area contributed by atoms with Crippen LogP contribution in [0.2, 0.25) is 0 Å². The van der Waals surface area contributed by atoms with E-state index < -0.39 is 0 Å². The number of amides is 2. The van der Waals surface area contributed by atoms with Gasteiger partial charge in [-0.25, -0.2) is 4.98 Å². The molecule has 154 valence electrons. The molecule has 2 amide bonds. The molecule has 3 aromatic rings. The van der Waals surface area contributed by atoms with E-state index in [9.17, 15) is 9.59 Å². The highest BCUT2D eigenvalue weighted by Gasteiger charge is 2.29. The molecule has 0 bridgehead atoms. The Morgan fingerprint density at radius 1 is 1.13 bits per heavy atom. The van der Waals surface area contributed by atoms with Gasteiger partial charge in [-0.2, -0.15) is 0 Å². The largest absolute Gasteiger partial charge is 0.342 e. The quantitative estimate of drug-likeness (QED) is 0.702. The van der Waals surface area contributed by atoms with Gasteiger partial charge in [0.1, 0.15) is 12.4 Å².